The Labute approximate surface area is 175 Å². The van der Waals surface area contributed by atoms with E-state index in [2.05, 4.69) is 5.32 Å². The number of hydrogen-bond acceptors (Lipinski definition) is 6. The molecule has 0 saturated heterocycles. The zero-order valence-electron chi connectivity index (χ0n) is 16.7. The number of carbonyl (C=O) groups is 1. The molecule has 0 saturated carbocycles. The molecule has 1 aliphatic rings. The van der Waals surface area contributed by atoms with Crippen molar-refractivity contribution in [3.63, 3.8) is 0 Å². The van der Waals surface area contributed by atoms with E-state index in [1.807, 2.05) is 36.4 Å². The number of alkyl carbamates (subject to hydrolysis) is 1. The molecule has 0 spiro atoms. The molecular formula is C21H25NO5S2. The lowest BCUT2D eigenvalue weighted by atomic mass is 10.1. The molecule has 1 N–H and O–H groups in total. The predicted octanol–water partition coefficient (Wildman–Crippen LogP) is 4.21. The van der Waals surface area contributed by atoms with Gasteiger partial charge in [-0.05, 0) is 44.5 Å². The number of nitrogens with one attached hydrogen (secondary N) is 1. The lowest BCUT2D eigenvalue weighted by Gasteiger charge is -2.19. The van der Waals surface area contributed by atoms with Crippen molar-refractivity contribution in [1.82, 2.24) is 5.32 Å². The van der Waals surface area contributed by atoms with Crippen molar-refractivity contribution in [2.75, 3.05) is 18.9 Å². The molecule has 8 heteroatoms. The maximum Gasteiger partial charge on any atom is 0.407 e. The fourth-order valence-electron chi connectivity index (χ4n) is 2.99. The van der Waals surface area contributed by atoms with Crippen LogP contribution in [0.4, 0.5) is 4.79 Å². The van der Waals surface area contributed by atoms with E-state index in [0.717, 1.165) is 10.5 Å². The third-order valence-corrected chi connectivity index (χ3v) is 7.38. The van der Waals surface area contributed by atoms with E-state index in [0.29, 0.717) is 5.75 Å². The van der Waals surface area contributed by atoms with Crippen LogP contribution in [-0.2, 0) is 14.6 Å². The Balaban J connectivity index is 1.67. The molecule has 1 aliphatic heterocycles. The van der Waals surface area contributed by atoms with E-state index in [1.165, 1.54) is 11.8 Å². The number of carbonyl (C=O) groups excluding carboxylic acids is 1. The van der Waals surface area contributed by atoms with Gasteiger partial charge in [-0.25, -0.2) is 13.2 Å². The molecule has 0 aliphatic carbocycles. The summed E-state index contributed by atoms with van der Waals surface area (Å²) in [6.45, 7) is 5.70. The Bertz CT molecular complexity index is 968. The van der Waals surface area contributed by atoms with Crippen LogP contribution in [-0.4, -0.2) is 39.0 Å². The van der Waals surface area contributed by atoms with Crippen LogP contribution >= 0.6 is 11.8 Å². The maximum atomic E-state index is 12.8. The van der Waals surface area contributed by atoms with Crippen molar-refractivity contribution in [2.24, 2.45) is 0 Å². The zero-order chi connectivity index (χ0) is 21.1. The average molecular weight is 436 g/mol. The molecule has 1 amide bonds. The lowest BCUT2D eigenvalue weighted by Crippen LogP contribution is -2.34. The molecule has 156 valence electrons. The number of thioether (sulfide) groups is 1. The standard InChI is InChI=1S/C21H25NO5S2/c1-21(2,3)27-20(23)22-12-13-26-17-11-7-10-16-18(14-29(24,25)19(16)17)28-15-8-5-4-6-9-15/h4-11,18H,12-14H2,1-3H3,(H,22,23). The van der Waals surface area contributed by atoms with Gasteiger partial charge in [-0.15, -0.1) is 11.8 Å². The first-order valence-electron chi connectivity index (χ1n) is 9.33. The molecule has 6 nitrogen and oxygen atoms in total. The van der Waals surface area contributed by atoms with Gasteiger partial charge >= 0.3 is 6.09 Å². The van der Waals surface area contributed by atoms with E-state index >= 15 is 0 Å². The Morgan fingerprint density at radius 2 is 1.86 bits per heavy atom. The summed E-state index contributed by atoms with van der Waals surface area (Å²) in [7, 11) is -3.44. The molecule has 0 radical (unpaired) electrons. The van der Waals surface area contributed by atoms with Crippen LogP contribution in [0, 0.1) is 0 Å². The molecule has 3 rings (SSSR count). The second-order valence-corrected chi connectivity index (χ2v) is 10.9. The molecule has 0 bridgehead atoms. The highest BCUT2D eigenvalue weighted by Crippen LogP contribution is 2.47. The molecule has 1 atom stereocenters. The van der Waals surface area contributed by atoms with E-state index in [-0.39, 0.29) is 29.0 Å². The van der Waals surface area contributed by atoms with E-state index in [1.54, 1.807) is 32.9 Å². The summed E-state index contributed by atoms with van der Waals surface area (Å²) in [4.78, 5) is 13.0. The third kappa shape index (κ3) is 5.67. The molecule has 0 fully saturated rings. The van der Waals surface area contributed by atoms with Gasteiger partial charge in [-0.1, -0.05) is 30.3 Å². The fraction of sp³-hybridized carbons (Fsp3) is 0.381. The number of benzene rings is 2. The van der Waals surface area contributed by atoms with Gasteiger partial charge in [0.2, 0.25) is 0 Å². The number of hydrogen-bond donors (Lipinski definition) is 1. The minimum absolute atomic E-state index is 0.0401. The van der Waals surface area contributed by atoms with Gasteiger partial charge in [0.15, 0.2) is 9.84 Å². The smallest absolute Gasteiger partial charge is 0.407 e. The summed E-state index contributed by atoms with van der Waals surface area (Å²) in [6.07, 6.45) is -0.536. The molecule has 0 aromatic heterocycles. The topological polar surface area (TPSA) is 81.7 Å². The maximum absolute atomic E-state index is 12.8. The number of sulfone groups is 1. The normalized spacial score (nSPS) is 17.4. The number of fused-ring (bicyclic) bond motifs is 1. The molecular weight excluding hydrogens is 410 g/mol. The third-order valence-electron chi connectivity index (χ3n) is 4.09. The van der Waals surface area contributed by atoms with Gasteiger partial charge in [0.25, 0.3) is 0 Å². The quantitative estimate of drug-likeness (QED) is 0.685. The Morgan fingerprint density at radius 3 is 2.55 bits per heavy atom. The highest BCUT2D eigenvalue weighted by Gasteiger charge is 2.38. The van der Waals surface area contributed by atoms with Crippen molar-refractivity contribution in [3.05, 3.63) is 54.1 Å². The van der Waals surface area contributed by atoms with Gasteiger partial charge in [-0.3, -0.25) is 0 Å². The summed E-state index contributed by atoms with van der Waals surface area (Å²) >= 11 is 1.53. The van der Waals surface area contributed by atoms with Crippen LogP contribution < -0.4 is 10.1 Å². The lowest BCUT2D eigenvalue weighted by molar-refractivity contribution is 0.0520. The highest BCUT2D eigenvalue weighted by molar-refractivity contribution is 8.01. The number of rotatable bonds is 6. The largest absolute Gasteiger partial charge is 0.490 e. The fourth-order valence-corrected chi connectivity index (χ4v) is 6.59. The van der Waals surface area contributed by atoms with Gasteiger partial charge < -0.3 is 14.8 Å². The molecule has 1 unspecified atom stereocenters. The van der Waals surface area contributed by atoms with E-state index in [4.69, 9.17) is 9.47 Å². The van der Waals surface area contributed by atoms with E-state index in [9.17, 15) is 13.2 Å². The monoisotopic (exact) mass is 435 g/mol. The van der Waals surface area contributed by atoms with Crippen molar-refractivity contribution in [1.29, 1.82) is 0 Å². The molecule has 1 heterocycles. The van der Waals surface area contributed by atoms with Crippen LogP contribution in [0.5, 0.6) is 5.75 Å². The molecule has 2 aromatic carbocycles. The first-order chi connectivity index (χ1) is 13.7. The van der Waals surface area contributed by atoms with Crippen molar-refractivity contribution >= 4 is 27.7 Å². The van der Waals surface area contributed by atoms with Gasteiger partial charge in [0.05, 0.1) is 17.5 Å². The van der Waals surface area contributed by atoms with E-state index < -0.39 is 21.5 Å². The predicted molar refractivity (Wildman–Crippen MR) is 113 cm³/mol. The van der Waals surface area contributed by atoms with Gasteiger partial charge in [0.1, 0.15) is 22.9 Å². The first-order valence-corrected chi connectivity index (χ1v) is 11.9. The van der Waals surface area contributed by atoms with Crippen LogP contribution in [0.25, 0.3) is 0 Å². The molecule has 29 heavy (non-hydrogen) atoms. The Hall–Kier alpha value is -2.19. The number of ether oxygens (including phenoxy) is 2. The Kier molecular flexibility index (Phi) is 6.43. The van der Waals surface area contributed by atoms with Crippen molar-refractivity contribution in [2.45, 2.75) is 41.4 Å². The van der Waals surface area contributed by atoms with Crippen molar-refractivity contribution in [3.8, 4) is 5.75 Å². The Morgan fingerprint density at radius 1 is 1.14 bits per heavy atom. The second-order valence-electron chi connectivity index (χ2n) is 7.65. The minimum atomic E-state index is -3.44. The van der Waals surface area contributed by atoms with Crippen LogP contribution in [0.1, 0.15) is 31.6 Å². The van der Waals surface area contributed by atoms with Crippen LogP contribution in [0.2, 0.25) is 0 Å². The van der Waals surface area contributed by atoms with Gasteiger partial charge in [-0.2, -0.15) is 0 Å². The molecule has 2 aromatic rings. The van der Waals surface area contributed by atoms with Crippen LogP contribution in [0.3, 0.4) is 0 Å². The summed E-state index contributed by atoms with van der Waals surface area (Å²) in [5, 5.41) is 2.42. The van der Waals surface area contributed by atoms with Crippen molar-refractivity contribution < 1.29 is 22.7 Å². The zero-order valence-corrected chi connectivity index (χ0v) is 18.3. The first kappa shape index (κ1) is 21.5. The summed E-state index contributed by atoms with van der Waals surface area (Å²) in [5.41, 5.74) is 0.182. The second kappa shape index (κ2) is 8.67. The van der Waals surface area contributed by atoms with Crippen LogP contribution in [0.15, 0.2) is 58.3 Å². The summed E-state index contributed by atoms with van der Waals surface area (Å²) < 4.78 is 36.4. The SMILES string of the molecule is CC(C)(C)OC(=O)NCCOc1cccc2c1S(=O)(=O)CC2Sc1ccccc1. The summed E-state index contributed by atoms with van der Waals surface area (Å²) in [6, 6.07) is 15.0. The minimum Gasteiger partial charge on any atom is -0.490 e. The van der Waals surface area contributed by atoms with Gasteiger partial charge in [0, 0.05) is 4.90 Å². The number of amides is 1. The average Bonchev–Trinajstić information content (AvgIpc) is 2.89. The summed E-state index contributed by atoms with van der Waals surface area (Å²) in [5.74, 6) is 0.364. The highest BCUT2D eigenvalue weighted by atomic mass is 32.2.